The molecule has 0 aliphatic carbocycles. The molecule has 0 saturated heterocycles. The molecule has 19 heavy (non-hydrogen) atoms. The lowest BCUT2D eigenvalue weighted by Gasteiger charge is -2.09. The fourth-order valence-electron chi connectivity index (χ4n) is 1.37. The highest BCUT2D eigenvalue weighted by atomic mass is 32.1. The Morgan fingerprint density at radius 2 is 1.95 bits per heavy atom. The molecule has 2 N–H and O–H groups in total. The molecule has 2 aromatic rings. The number of ether oxygens (including phenoxy) is 1. The summed E-state index contributed by atoms with van der Waals surface area (Å²) in [4.78, 5) is 27.2. The van der Waals surface area contributed by atoms with Gasteiger partial charge >= 0.3 is 11.8 Å². The minimum Gasteiger partial charge on any atom is -0.495 e. The topological polar surface area (TPSA) is 80.3 Å². The van der Waals surface area contributed by atoms with Crippen LogP contribution in [0.15, 0.2) is 35.8 Å². The maximum Gasteiger partial charge on any atom is 0.315 e. The summed E-state index contributed by atoms with van der Waals surface area (Å²) in [5.74, 6) is -1.07. The molecule has 1 heterocycles. The van der Waals surface area contributed by atoms with Crippen LogP contribution in [0.25, 0.3) is 0 Å². The van der Waals surface area contributed by atoms with E-state index in [1.165, 1.54) is 18.4 Å². The van der Waals surface area contributed by atoms with Gasteiger partial charge in [0.1, 0.15) is 5.75 Å². The van der Waals surface area contributed by atoms with Gasteiger partial charge in [-0.3, -0.25) is 14.9 Å². The van der Waals surface area contributed by atoms with Crippen LogP contribution in [0.5, 0.6) is 5.75 Å². The van der Waals surface area contributed by atoms with Gasteiger partial charge in [0.25, 0.3) is 0 Å². The predicted octanol–water partition coefficient (Wildman–Crippen LogP) is 1.73. The van der Waals surface area contributed by atoms with Crippen molar-refractivity contribution in [1.82, 2.24) is 4.98 Å². The molecular weight excluding hydrogens is 266 g/mol. The van der Waals surface area contributed by atoms with Gasteiger partial charge < -0.3 is 10.1 Å². The lowest BCUT2D eigenvalue weighted by Crippen LogP contribution is -2.29. The molecule has 0 aliphatic heterocycles. The molecule has 2 rings (SSSR count). The van der Waals surface area contributed by atoms with Crippen molar-refractivity contribution in [3.63, 3.8) is 0 Å². The number of carbonyl (C=O) groups excluding carboxylic acids is 2. The second-order valence-electron chi connectivity index (χ2n) is 3.45. The van der Waals surface area contributed by atoms with E-state index in [0.717, 1.165) is 0 Å². The largest absolute Gasteiger partial charge is 0.495 e. The SMILES string of the molecule is COc1ccccc1NC(=O)C(=O)Nc1nccs1. The molecule has 0 spiro atoms. The van der Waals surface area contributed by atoms with Crippen molar-refractivity contribution < 1.29 is 14.3 Å². The zero-order chi connectivity index (χ0) is 13.7. The van der Waals surface area contributed by atoms with Crippen LogP contribution in [0.4, 0.5) is 10.8 Å². The number of para-hydroxylation sites is 2. The number of nitrogens with zero attached hydrogens (tertiary/aromatic N) is 1. The second kappa shape index (κ2) is 5.96. The van der Waals surface area contributed by atoms with E-state index in [0.29, 0.717) is 16.6 Å². The van der Waals surface area contributed by atoms with E-state index in [-0.39, 0.29) is 0 Å². The molecule has 0 saturated carbocycles. The summed E-state index contributed by atoms with van der Waals surface area (Å²) >= 11 is 1.23. The summed E-state index contributed by atoms with van der Waals surface area (Å²) < 4.78 is 5.08. The summed E-state index contributed by atoms with van der Waals surface area (Å²) in [6, 6.07) is 6.84. The normalized spacial score (nSPS) is 9.74. The van der Waals surface area contributed by atoms with Crippen molar-refractivity contribution in [3.8, 4) is 5.75 Å². The zero-order valence-electron chi connectivity index (χ0n) is 10.0. The van der Waals surface area contributed by atoms with E-state index < -0.39 is 11.8 Å². The number of amides is 2. The molecule has 7 heteroatoms. The molecule has 0 aliphatic rings. The Bertz CT molecular complexity index is 584. The zero-order valence-corrected chi connectivity index (χ0v) is 10.9. The first-order valence-electron chi connectivity index (χ1n) is 5.35. The van der Waals surface area contributed by atoms with E-state index in [2.05, 4.69) is 15.6 Å². The molecule has 1 aromatic carbocycles. The summed E-state index contributed by atoms with van der Waals surface area (Å²) in [6.07, 6.45) is 1.54. The third-order valence-electron chi connectivity index (χ3n) is 2.21. The van der Waals surface area contributed by atoms with Crippen LogP contribution in [-0.2, 0) is 9.59 Å². The molecule has 98 valence electrons. The first-order valence-corrected chi connectivity index (χ1v) is 6.23. The lowest BCUT2D eigenvalue weighted by atomic mass is 10.3. The number of benzene rings is 1. The second-order valence-corrected chi connectivity index (χ2v) is 4.34. The van der Waals surface area contributed by atoms with Gasteiger partial charge in [-0.05, 0) is 12.1 Å². The number of thiazole rings is 1. The standard InChI is InChI=1S/C12H11N3O3S/c1-18-9-5-3-2-4-8(9)14-10(16)11(17)15-12-13-6-7-19-12/h2-7H,1H3,(H,14,16)(H,13,15,17). The molecule has 2 amide bonds. The van der Waals surface area contributed by atoms with Gasteiger partial charge in [0.15, 0.2) is 5.13 Å². The molecule has 0 fully saturated rings. The van der Waals surface area contributed by atoms with Gasteiger partial charge in [0, 0.05) is 11.6 Å². The van der Waals surface area contributed by atoms with Crippen molar-refractivity contribution in [1.29, 1.82) is 0 Å². The van der Waals surface area contributed by atoms with Crippen molar-refractivity contribution in [2.75, 3.05) is 17.7 Å². The fraction of sp³-hybridized carbons (Fsp3) is 0.0833. The van der Waals surface area contributed by atoms with Crippen LogP contribution in [-0.4, -0.2) is 23.9 Å². The number of aromatic nitrogens is 1. The molecule has 0 unspecified atom stereocenters. The number of rotatable bonds is 3. The highest BCUT2D eigenvalue weighted by Crippen LogP contribution is 2.22. The van der Waals surface area contributed by atoms with E-state index in [1.807, 2.05) is 0 Å². The number of anilines is 2. The van der Waals surface area contributed by atoms with E-state index in [9.17, 15) is 9.59 Å². The van der Waals surface area contributed by atoms with Crippen LogP contribution < -0.4 is 15.4 Å². The fourth-order valence-corrected chi connectivity index (χ4v) is 1.89. The van der Waals surface area contributed by atoms with Gasteiger partial charge in [-0.15, -0.1) is 11.3 Å². The highest BCUT2D eigenvalue weighted by Gasteiger charge is 2.16. The van der Waals surface area contributed by atoms with E-state index in [4.69, 9.17) is 4.74 Å². The Balaban J connectivity index is 2.02. The molecular formula is C12H11N3O3S. The Morgan fingerprint density at radius 3 is 2.63 bits per heavy atom. The number of methoxy groups -OCH3 is 1. The third kappa shape index (κ3) is 3.29. The summed E-state index contributed by atoms with van der Waals surface area (Å²) in [6.45, 7) is 0. The van der Waals surface area contributed by atoms with Crippen molar-refractivity contribution in [3.05, 3.63) is 35.8 Å². The lowest BCUT2D eigenvalue weighted by molar-refractivity contribution is -0.133. The highest BCUT2D eigenvalue weighted by molar-refractivity contribution is 7.13. The monoisotopic (exact) mass is 277 g/mol. The van der Waals surface area contributed by atoms with E-state index >= 15 is 0 Å². The van der Waals surface area contributed by atoms with Gasteiger partial charge in [-0.2, -0.15) is 0 Å². The van der Waals surface area contributed by atoms with E-state index in [1.54, 1.807) is 35.8 Å². The molecule has 0 bridgehead atoms. The average molecular weight is 277 g/mol. The number of nitrogens with one attached hydrogen (secondary N) is 2. The van der Waals surface area contributed by atoms with Crippen molar-refractivity contribution in [2.24, 2.45) is 0 Å². The van der Waals surface area contributed by atoms with Crippen LogP contribution >= 0.6 is 11.3 Å². The summed E-state index contributed by atoms with van der Waals surface area (Å²) in [7, 11) is 1.49. The number of hydrogen-bond donors (Lipinski definition) is 2. The molecule has 6 nitrogen and oxygen atoms in total. The molecule has 0 atom stereocenters. The van der Waals surface area contributed by atoms with Crippen LogP contribution in [0, 0.1) is 0 Å². The quantitative estimate of drug-likeness (QED) is 0.837. The average Bonchev–Trinajstić information content (AvgIpc) is 2.92. The Kier molecular flexibility index (Phi) is 4.09. The molecule has 1 aromatic heterocycles. The Labute approximate surface area is 113 Å². The predicted molar refractivity (Wildman–Crippen MR) is 72.4 cm³/mol. The first kappa shape index (κ1) is 13.0. The minimum atomic E-state index is -0.778. The third-order valence-corrected chi connectivity index (χ3v) is 2.90. The maximum atomic E-state index is 11.7. The van der Waals surface area contributed by atoms with Gasteiger partial charge in [0.05, 0.1) is 12.8 Å². The van der Waals surface area contributed by atoms with Crippen LogP contribution in [0.3, 0.4) is 0 Å². The van der Waals surface area contributed by atoms with Gasteiger partial charge in [-0.1, -0.05) is 12.1 Å². The number of hydrogen-bond acceptors (Lipinski definition) is 5. The molecule has 0 radical (unpaired) electrons. The minimum absolute atomic E-state index is 0.375. The summed E-state index contributed by atoms with van der Waals surface area (Å²) in [5, 5.41) is 6.95. The van der Waals surface area contributed by atoms with Crippen LogP contribution in [0.1, 0.15) is 0 Å². The van der Waals surface area contributed by atoms with Crippen molar-refractivity contribution in [2.45, 2.75) is 0 Å². The van der Waals surface area contributed by atoms with Gasteiger partial charge in [0.2, 0.25) is 0 Å². The maximum absolute atomic E-state index is 11.7. The Hall–Kier alpha value is -2.41. The first-order chi connectivity index (χ1) is 9.20. The van der Waals surface area contributed by atoms with Crippen molar-refractivity contribution >= 4 is 34.0 Å². The number of carbonyl (C=O) groups is 2. The smallest absolute Gasteiger partial charge is 0.315 e. The van der Waals surface area contributed by atoms with Crippen LogP contribution in [0.2, 0.25) is 0 Å². The Morgan fingerprint density at radius 1 is 1.21 bits per heavy atom. The van der Waals surface area contributed by atoms with Gasteiger partial charge in [-0.25, -0.2) is 4.98 Å². The summed E-state index contributed by atoms with van der Waals surface area (Å²) in [5.41, 5.74) is 0.435.